The van der Waals surface area contributed by atoms with Crippen molar-refractivity contribution >= 4 is 23.8 Å². The molecular formula is C20H15FN2NiO4+2. The summed E-state index contributed by atoms with van der Waals surface area (Å²) in [6.07, 6.45) is 2.68. The van der Waals surface area contributed by atoms with Gasteiger partial charge >= 0.3 is 16.5 Å². The van der Waals surface area contributed by atoms with Gasteiger partial charge < -0.3 is 20.4 Å². The summed E-state index contributed by atoms with van der Waals surface area (Å²) in [5.74, 6) is -1.00. The molecule has 0 aliphatic rings. The summed E-state index contributed by atoms with van der Waals surface area (Å²) in [7, 11) is 0. The second-order valence-electron chi connectivity index (χ2n) is 5.64. The summed E-state index contributed by atoms with van der Waals surface area (Å²) in [6, 6.07) is 11.9. The summed E-state index contributed by atoms with van der Waals surface area (Å²) in [4.78, 5) is 8.36. The molecule has 0 saturated carbocycles. The largest absolute Gasteiger partial charge is 2.00 e. The van der Waals surface area contributed by atoms with Crippen LogP contribution in [0.1, 0.15) is 11.1 Å². The van der Waals surface area contributed by atoms with Gasteiger partial charge in [-0.15, -0.1) is 0 Å². The Morgan fingerprint density at radius 2 is 1.14 bits per heavy atom. The van der Waals surface area contributed by atoms with E-state index in [1.54, 1.807) is 0 Å². The standard InChI is InChI=1S/C20H15FN2O4.Ni/c21-14-3-6-17(22-10-12-1-4-15(24)8-19(12)26)18(7-14)23-11-13-2-5-16(25)9-20(13)27;/h1-11,24-27H;/q;+2. The van der Waals surface area contributed by atoms with E-state index in [4.69, 9.17) is 0 Å². The Morgan fingerprint density at radius 1 is 0.643 bits per heavy atom. The van der Waals surface area contributed by atoms with Gasteiger partial charge in [-0.1, -0.05) is 0 Å². The van der Waals surface area contributed by atoms with E-state index in [-0.39, 0.29) is 45.2 Å². The predicted octanol–water partition coefficient (Wildman–Crippen LogP) is 4.15. The monoisotopic (exact) mass is 424 g/mol. The topological polar surface area (TPSA) is 106 Å². The Bertz CT molecular complexity index is 1050. The molecule has 6 nitrogen and oxygen atoms in total. The molecule has 8 heteroatoms. The third kappa shape index (κ3) is 5.08. The number of benzene rings is 3. The SMILES string of the molecule is Oc1ccc(C=Nc2ccc(F)cc2N=Cc2ccc(O)cc2O)c(O)c1.[Ni+2]. The van der Waals surface area contributed by atoms with Crippen molar-refractivity contribution in [2.24, 2.45) is 9.98 Å². The molecule has 28 heavy (non-hydrogen) atoms. The van der Waals surface area contributed by atoms with Crippen molar-refractivity contribution in [3.63, 3.8) is 0 Å². The van der Waals surface area contributed by atoms with Crippen LogP contribution in [0.3, 0.4) is 0 Å². The van der Waals surface area contributed by atoms with Crippen molar-refractivity contribution in [3.05, 3.63) is 71.5 Å². The summed E-state index contributed by atoms with van der Waals surface area (Å²) in [5.41, 5.74) is 1.24. The van der Waals surface area contributed by atoms with Crippen LogP contribution >= 0.6 is 0 Å². The van der Waals surface area contributed by atoms with Crippen molar-refractivity contribution < 1.29 is 41.3 Å². The van der Waals surface area contributed by atoms with Crippen molar-refractivity contribution in [2.75, 3.05) is 0 Å². The van der Waals surface area contributed by atoms with E-state index in [0.29, 0.717) is 16.8 Å². The maximum Gasteiger partial charge on any atom is 2.00 e. The Labute approximate surface area is 169 Å². The molecule has 0 unspecified atom stereocenters. The fourth-order valence-electron chi connectivity index (χ4n) is 2.27. The first-order valence-electron chi connectivity index (χ1n) is 7.84. The van der Waals surface area contributed by atoms with Gasteiger partial charge in [0.05, 0.1) is 11.4 Å². The van der Waals surface area contributed by atoms with Gasteiger partial charge in [0.2, 0.25) is 0 Å². The molecule has 4 N–H and O–H groups in total. The molecule has 0 aliphatic carbocycles. The number of aliphatic imine (C=N–C) groups is 2. The van der Waals surface area contributed by atoms with Gasteiger partial charge in [-0.3, -0.25) is 9.98 Å². The molecule has 3 aromatic carbocycles. The second-order valence-corrected chi connectivity index (χ2v) is 5.64. The summed E-state index contributed by atoms with van der Waals surface area (Å²) in [6.45, 7) is 0. The number of hydrogen-bond donors (Lipinski definition) is 4. The van der Waals surface area contributed by atoms with Crippen LogP contribution in [0.2, 0.25) is 0 Å². The molecule has 3 rings (SSSR count). The van der Waals surface area contributed by atoms with Crippen LogP contribution in [0.25, 0.3) is 0 Å². The number of phenols is 4. The minimum absolute atomic E-state index is 0. The molecule has 0 radical (unpaired) electrons. The van der Waals surface area contributed by atoms with Crippen LogP contribution in [-0.2, 0) is 16.5 Å². The summed E-state index contributed by atoms with van der Waals surface area (Å²) < 4.78 is 13.6. The molecule has 0 atom stereocenters. The van der Waals surface area contributed by atoms with E-state index in [9.17, 15) is 24.8 Å². The van der Waals surface area contributed by atoms with E-state index in [0.717, 1.165) is 0 Å². The molecule has 0 aliphatic heterocycles. The van der Waals surface area contributed by atoms with Gasteiger partial charge in [0.1, 0.15) is 28.8 Å². The summed E-state index contributed by atoms with van der Waals surface area (Å²) in [5, 5.41) is 38.2. The fraction of sp³-hybridized carbons (Fsp3) is 0. The molecule has 144 valence electrons. The zero-order valence-corrected chi connectivity index (χ0v) is 15.2. The number of hydrogen-bond acceptors (Lipinski definition) is 6. The molecular weight excluding hydrogens is 410 g/mol. The maximum absolute atomic E-state index is 13.6. The Balaban J connectivity index is 0.00000280. The van der Waals surface area contributed by atoms with Crippen molar-refractivity contribution in [1.29, 1.82) is 0 Å². The van der Waals surface area contributed by atoms with E-state index < -0.39 is 5.82 Å². The minimum atomic E-state index is -0.511. The van der Waals surface area contributed by atoms with E-state index in [1.807, 2.05) is 0 Å². The van der Waals surface area contributed by atoms with Crippen molar-refractivity contribution in [1.82, 2.24) is 0 Å². The zero-order valence-electron chi connectivity index (χ0n) is 14.2. The molecule has 0 spiro atoms. The third-order valence-corrected chi connectivity index (χ3v) is 3.65. The van der Waals surface area contributed by atoms with Crippen LogP contribution in [0.4, 0.5) is 15.8 Å². The number of aromatic hydroxyl groups is 4. The van der Waals surface area contributed by atoms with Crippen LogP contribution in [-0.4, -0.2) is 32.9 Å². The molecule has 0 heterocycles. The first-order chi connectivity index (χ1) is 12.9. The average Bonchev–Trinajstić information content (AvgIpc) is 2.61. The smallest absolute Gasteiger partial charge is 0.508 e. The van der Waals surface area contributed by atoms with Gasteiger partial charge in [0.25, 0.3) is 0 Å². The normalized spacial score (nSPS) is 11.0. The van der Waals surface area contributed by atoms with Gasteiger partial charge in [-0.25, -0.2) is 4.39 Å². The van der Waals surface area contributed by atoms with E-state index in [2.05, 4.69) is 9.98 Å². The zero-order chi connectivity index (χ0) is 19.4. The predicted molar refractivity (Wildman–Crippen MR) is 100 cm³/mol. The molecule has 0 saturated heterocycles. The Kier molecular flexibility index (Phi) is 6.74. The fourth-order valence-corrected chi connectivity index (χ4v) is 2.27. The summed E-state index contributed by atoms with van der Waals surface area (Å²) >= 11 is 0. The molecule has 0 bridgehead atoms. The van der Waals surface area contributed by atoms with Gasteiger partial charge in [-0.2, -0.15) is 0 Å². The maximum atomic E-state index is 13.6. The van der Waals surface area contributed by atoms with Crippen LogP contribution < -0.4 is 0 Å². The first kappa shape index (κ1) is 20.9. The number of halogens is 1. The van der Waals surface area contributed by atoms with Gasteiger partial charge in [-0.05, 0) is 36.4 Å². The average molecular weight is 425 g/mol. The van der Waals surface area contributed by atoms with Crippen LogP contribution in [0.15, 0.2) is 64.6 Å². The van der Waals surface area contributed by atoms with Gasteiger partial charge in [0.15, 0.2) is 0 Å². The van der Waals surface area contributed by atoms with Crippen molar-refractivity contribution in [2.45, 2.75) is 0 Å². The second kappa shape index (κ2) is 9.01. The third-order valence-electron chi connectivity index (χ3n) is 3.65. The Hall–Kier alpha value is -3.38. The number of phenolic OH excluding ortho intramolecular Hbond substituents is 4. The van der Waals surface area contributed by atoms with E-state index in [1.165, 1.54) is 67.0 Å². The molecule has 3 aromatic rings. The number of nitrogens with zero attached hydrogens (tertiary/aromatic N) is 2. The molecule has 0 amide bonds. The van der Waals surface area contributed by atoms with Gasteiger partial charge in [0, 0.05) is 41.8 Å². The Morgan fingerprint density at radius 3 is 1.64 bits per heavy atom. The van der Waals surface area contributed by atoms with E-state index >= 15 is 0 Å². The van der Waals surface area contributed by atoms with Crippen molar-refractivity contribution in [3.8, 4) is 23.0 Å². The quantitative estimate of drug-likeness (QED) is 0.373. The first-order valence-corrected chi connectivity index (χ1v) is 7.84. The number of rotatable bonds is 4. The minimum Gasteiger partial charge on any atom is -0.508 e. The van der Waals surface area contributed by atoms with Crippen LogP contribution in [0, 0.1) is 5.82 Å². The molecule has 0 aromatic heterocycles. The van der Waals surface area contributed by atoms with Crippen LogP contribution in [0.5, 0.6) is 23.0 Å². The molecule has 0 fully saturated rings.